The van der Waals surface area contributed by atoms with E-state index in [1.54, 1.807) is 0 Å². The van der Waals surface area contributed by atoms with Gasteiger partial charge in [-0.15, -0.1) is 0 Å². The molecule has 6 heteroatoms. The van der Waals surface area contributed by atoms with Gasteiger partial charge in [-0.25, -0.2) is 0 Å². The molecule has 0 amide bonds. The van der Waals surface area contributed by atoms with Gasteiger partial charge in [0, 0.05) is 11.4 Å². The fourth-order valence-corrected chi connectivity index (χ4v) is 12.6. The number of hydrogen-bond donors (Lipinski definition) is 2. The summed E-state index contributed by atoms with van der Waals surface area (Å²) in [7, 11) is -2.61. The Morgan fingerprint density at radius 3 is 1.33 bits per heavy atom. The minimum absolute atomic E-state index is 0.535. The number of rotatable bonds is 11. The summed E-state index contributed by atoms with van der Waals surface area (Å²) >= 11 is 5.30. The number of hydrogen-bond acceptors (Lipinski definition) is 3. The molecule has 0 heterocycles. The molecule has 8 rings (SSSR count). The van der Waals surface area contributed by atoms with Gasteiger partial charge in [0.05, 0.1) is 13.2 Å². The molecule has 8 aromatic carbocycles. The standard InChI is InChI=1S/C34H27P.C17H20N2O2S/c1-4-17-28(18-5-1)35(29-19-6-2-7-20-29,30-21-8-3-9-22-30)34-26-13-12-24-33(34)32-25-14-16-27-15-10-11-23-31(27)32;1-3-20-15-9-5-13(6-10-15)18-17(22)19-14-7-11-16(12-8-14)21-4-2/h1-26,35H;5-12H,3-4H2,1-2H3,(H2,18,19,22). The summed E-state index contributed by atoms with van der Waals surface area (Å²) in [5.41, 5.74) is 4.42. The van der Waals surface area contributed by atoms with Crippen molar-refractivity contribution in [1.82, 2.24) is 0 Å². The fraction of sp³-hybridized carbons (Fsp3) is 0.0784. The Morgan fingerprint density at radius 1 is 0.439 bits per heavy atom. The van der Waals surface area contributed by atoms with E-state index in [1.165, 1.54) is 43.1 Å². The van der Waals surface area contributed by atoms with Crippen molar-refractivity contribution in [2.45, 2.75) is 13.8 Å². The molecule has 0 fully saturated rings. The third-order valence-corrected chi connectivity index (χ3v) is 14.9. The zero-order valence-electron chi connectivity index (χ0n) is 32.3. The number of ether oxygens (including phenoxy) is 2. The third-order valence-electron chi connectivity index (χ3n) is 9.88. The van der Waals surface area contributed by atoms with E-state index in [2.05, 4.69) is 168 Å². The summed E-state index contributed by atoms with van der Waals surface area (Å²) in [5, 5.41) is 15.0. The van der Waals surface area contributed by atoms with Crippen LogP contribution < -0.4 is 41.3 Å². The van der Waals surface area contributed by atoms with Gasteiger partial charge in [0.15, 0.2) is 5.11 Å². The van der Waals surface area contributed by atoms with E-state index in [1.807, 2.05) is 62.4 Å². The van der Waals surface area contributed by atoms with Crippen LogP contribution in [0.2, 0.25) is 0 Å². The Kier molecular flexibility index (Phi) is 13.0. The molecule has 0 spiro atoms. The summed E-state index contributed by atoms with van der Waals surface area (Å²) in [5.74, 6) is 1.69. The van der Waals surface area contributed by atoms with Crippen LogP contribution in [0.15, 0.2) is 206 Å². The quantitative estimate of drug-likeness (QED) is 0.101. The first-order chi connectivity index (χ1) is 28.1. The van der Waals surface area contributed by atoms with E-state index in [9.17, 15) is 0 Å². The number of anilines is 2. The first-order valence-corrected chi connectivity index (χ1v) is 21.8. The summed E-state index contributed by atoms with van der Waals surface area (Å²) in [4.78, 5) is 0. The molecular formula is C51H47N2O2PS. The van der Waals surface area contributed by atoms with Gasteiger partial charge in [-0.1, -0.05) is 0 Å². The van der Waals surface area contributed by atoms with Crippen molar-refractivity contribution in [3.63, 3.8) is 0 Å². The van der Waals surface area contributed by atoms with Gasteiger partial charge in [-0.2, -0.15) is 0 Å². The van der Waals surface area contributed by atoms with Gasteiger partial charge < -0.3 is 20.1 Å². The molecule has 0 unspecified atom stereocenters. The fourth-order valence-electron chi connectivity index (χ4n) is 7.43. The number of benzene rings is 8. The van der Waals surface area contributed by atoms with Crippen molar-refractivity contribution in [2.24, 2.45) is 0 Å². The Balaban J connectivity index is 0.000000195. The number of fused-ring (bicyclic) bond motifs is 1. The first-order valence-electron chi connectivity index (χ1n) is 19.4. The molecule has 0 atom stereocenters. The second-order valence-corrected chi connectivity index (χ2v) is 17.6. The second kappa shape index (κ2) is 19.1. The molecule has 0 radical (unpaired) electrons. The molecular weight excluding hydrogens is 736 g/mol. The second-order valence-electron chi connectivity index (χ2n) is 13.4. The van der Waals surface area contributed by atoms with E-state index in [4.69, 9.17) is 21.7 Å². The zero-order chi connectivity index (χ0) is 39.3. The van der Waals surface area contributed by atoms with Crippen molar-refractivity contribution in [2.75, 3.05) is 23.8 Å². The van der Waals surface area contributed by atoms with E-state index in [0.717, 1.165) is 22.9 Å². The van der Waals surface area contributed by atoms with Crippen molar-refractivity contribution >= 4 is 68.0 Å². The van der Waals surface area contributed by atoms with Gasteiger partial charge >= 0.3 is 208 Å². The molecule has 4 nitrogen and oxygen atoms in total. The zero-order valence-corrected chi connectivity index (χ0v) is 34.1. The van der Waals surface area contributed by atoms with Crippen LogP contribution in [0.4, 0.5) is 11.4 Å². The van der Waals surface area contributed by atoms with Gasteiger partial charge in [0.25, 0.3) is 0 Å². The maximum absolute atomic E-state index is 5.40. The van der Waals surface area contributed by atoms with E-state index < -0.39 is 7.26 Å². The van der Waals surface area contributed by atoms with Crippen LogP contribution in [0.25, 0.3) is 21.9 Å². The predicted molar refractivity (Wildman–Crippen MR) is 251 cm³/mol. The van der Waals surface area contributed by atoms with Crippen LogP contribution in [0, 0.1) is 0 Å². The van der Waals surface area contributed by atoms with Gasteiger partial charge in [-0.05, 0) is 74.6 Å². The molecule has 0 bridgehead atoms. The molecule has 0 aliphatic carbocycles. The minimum atomic E-state index is -2.61. The van der Waals surface area contributed by atoms with Crippen LogP contribution in [-0.4, -0.2) is 18.3 Å². The molecule has 2 N–H and O–H groups in total. The van der Waals surface area contributed by atoms with E-state index in [-0.39, 0.29) is 0 Å². The molecule has 0 saturated carbocycles. The molecule has 8 aromatic rings. The van der Waals surface area contributed by atoms with Crippen molar-refractivity contribution < 1.29 is 9.47 Å². The average Bonchev–Trinajstić information content (AvgIpc) is 3.27. The summed E-state index contributed by atoms with van der Waals surface area (Å²) < 4.78 is 10.8. The van der Waals surface area contributed by atoms with Crippen molar-refractivity contribution in [3.8, 4) is 22.6 Å². The molecule has 57 heavy (non-hydrogen) atoms. The van der Waals surface area contributed by atoms with E-state index >= 15 is 0 Å². The Bertz CT molecular complexity index is 2340. The summed E-state index contributed by atoms with van der Waals surface area (Å²) in [6.07, 6.45) is 0. The monoisotopic (exact) mass is 782 g/mol. The molecule has 0 aliphatic heterocycles. The molecule has 0 aromatic heterocycles. The maximum atomic E-state index is 5.40. The summed E-state index contributed by atoms with van der Waals surface area (Å²) in [6.45, 7) is 5.24. The Labute approximate surface area is 342 Å². The first kappa shape index (κ1) is 39.0. The average molecular weight is 783 g/mol. The Morgan fingerprint density at radius 2 is 0.842 bits per heavy atom. The van der Waals surface area contributed by atoms with Crippen LogP contribution in [-0.2, 0) is 0 Å². The van der Waals surface area contributed by atoms with Gasteiger partial charge in [0.1, 0.15) is 11.5 Å². The van der Waals surface area contributed by atoms with Crippen LogP contribution in [0.1, 0.15) is 13.8 Å². The Hall–Kier alpha value is -6.26. The van der Waals surface area contributed by atoms with Crippen LogP contribution in [0.3, 0.4) is 0 Å². The van der Waals surface area contributed by atoms with Gasteiger partial charge in [-0.3, -0.25) is 0 Å². The molecule has 0 aliphatic rings. The van der Waals surface area contributed by atoms with E-state index in [0.29, 0.717) is 18.3 Å². The van der Waals surface area contributed by atoms with Gasteiger partial charge in [0.2, 0.25) is 0 Å². The summed E-state index contributed by atoms with van der Waals surface area (Å²) in [6, 6.07) is 73.2. The number of thiocarbonyl (C=S) groups is 1. The normalized spacial score (nSPS) is 11.1. The van der Waals surface area contributed by atoms with Crippen LogP contribution >= 0.6 is 19.5 Å². The molecule has 0 saturated heterocycles. The number of nitrogens with one attached hydrogen (secondary N) is 2. The topological polar surface area (TPSA) is 42.5 Å². The SMILES string of the molecule is CCOc1ccc(NC(=S)Nc2ccc(OCC)cc2)cc1.c1ccc([PH](c2ccccc2)(c2ccccc2)c2ccccc2-c2cccc3ccccc23)cc1. The van der Waals surface area contributed by atoms with Crippen molar-refractivity contribution in [3.05, 3.63) is 206 Å². The van der Waals surface area contributed by atoms with Crippen LogP contribution in [0.5, 0.6) is 11.5 Å². The molecule has 284 valence electrons. The van der Waals surface area contributed by atoms with Crippen molar-refractivity contribution in [1.29, 1.82) is 0 Å². The predicted octanol–water partition coefficient (Wildman–Crippen LogP) is 11.2. The third kappa shape index (κ3) is 9.08.